The van der Waals surface area contributed by atoms with E-state index in [1.54, 1.807) is 0 Å². The van der Waals surface area contributed by atoms with Crippen LogP contribution in [-0.4, -0.2) is 53.9 Å². The number of benzene rings is 1. The summed E-state index contributed by atoms with van der Waals surface area (Å²) in [5.41, 5.74) is 5.26. The number of anilines is 1. The highest BCUT2D eigenvalue weighted by atomic mass is 16.5. The molecule has 1 N–H and O–H groups in total. The Morgan fingerprint density at radius 3 is 2.85 bits per heavy atom. The van der Waals surface area contributed by atoms with Gasteiger partial charge in [0.05, 0.1) is 18.8 Å². The zero-order chi connectivity index (χ0) is 17.6. The van der Waals surface area contributed by atoms with Crippen molar-refractivity contribution in [3.63, 3.8) is 0 Å². The van der Waals surface area contributed by atoms with Gasteiger partial charge in [0.25, 0.3) is 0 Å². The number of aryl methyl sites for hydroxylation is 1. The first-order valence-corrected chi connectivity index (χ1v) is 9.79. The first-order chi connectivity index (χ1) is 12.7. The Hall–Kier alpha value is -1.92. The van der Waals surface area contributed by atoms with Crippen LogP contribution < -0.4 is 10.2 Å². The Bertz CT molecular complexity index is 783. The lowest BCUT2D eigenvalue weighted by Crippen LogP contribution is -2.71. The average molecular weight is 353 g/mol. The van der Waals surface area contributed by atoms with Gasteiger partial charge in [-0.1, -0.05) is 11.3 Å². The predicted molar refractivity (Wildman–Crippen MR) is 101 cm³/mol. The van der Waals surface area contributed by atoms with Crippen molar-refractivity contribution in [2.24, 2.45) is 5.41 Å². The summed E-state index contributed by atoms with van der Waals surface area (Å²) in [5, 5.41) is 12.1. The highest BCUT2D eigenvalue weighted by molar-refractivity contribution is 5.67. The maximum absolute atomic E-state index is 5.81. The van der Waals surface area contributed by atoms with Crippen LogP contribution in [0.15, 0.2) is 24.4 Å². The maximum atomic E-state index is 5.81. The molecule has 1 aromatic carbocycles. The zero-order valence-electron chi connectivity index (χ0n) is 15.4. The second kappa shape index (κ2) is 6.35. The fourth-order valence-corrected chi connectivity index (χ4v) is 4.45. The molecule has 138 valence electrons. The maximum Gasteiger partial charge on any atom is 0.113 e. The van der Waals surface area contributed by atoms with E-state index in [0.29, 0.717) is 5.41 Å². The Morgan fingerprint density at radius 1 is 1.27 bits per heavy atom. The van der Waals surface area contributed by atoms with Crippen molar-refractivity contribution in [3.05, 3.63) is 30.0 Å². The van der Waals surface area contributed by atoms with Gasteiger partial charge >= 0.3 is 0 Å². The molecule has 1 atom stereocenters. The number of ether oxygens (including phenoxy) is 1. The van der Waals surface area contributed by atoms with Crippen LogP contribution in [0.2, 0.25) is 0 Å². The Balaban J connectivity index is 1.28. The standard InChI is InChI=1S/C20H27N5O/c1-15-8-16(24-13-20(14-24)11-21-12-20)5-6-18(15)19-10-25(23-22-19)9-17-4-2-3-7-26-17/h5-6,8,10,17,21H,2-4,7,9,11-14H2,1H3. The number of hydrogen-bond acceptors (Lipinski definition) is 5. The molecule has 0 bridgehead atoms. The van der Waals surface area contributed by atoms with Crippen LogP contribution in [0, 0.1) is 12.3 Å². The molecule has 6 heteroatoms. The Morgan fingerprint density at radius 2 is 2.15 bits per heavy atom. The topological polar surface area (TPSA) is 55.2 Å². The van der Waals surface area contributed by atoms with Gasteiger partial charge in [-0.2, -0.15) is 0 Å². The van der Waals surface area contributed by atoms with E-state index in [1.165, 1.54) is 55.8 Å². The van der Waals surface area contributed by atoms with Crippen LogP contribution in [0.5, 0.6) is 0 Å². The summed E-state index contributed by atoms with van der Waals surface area (Å²) >= 11 is 0. The number of rotatable bonds is 4. The second-order valence-corrected chi connectivity index (χ2v) is 8.27. The third kappa shape index (κ3) is 2.91. The lowest BCUT2D eigenvalue weighted by Gasteiger charge is -2.57. The van der Waals surface area contributed by atoms with E-state index in [0.717, 1.165) is 25.3 Å². The lowest BCUT2D eigenvalue weighted by molar-refractivity contribution is 0.00370. The van der Waals surface area contributed by atoms with Crippen molar-refractivity contribution in [2.75, 3.05) is 37.7 Å². The lowest BCUT2D eigenvalue weighted by atomic mass is 9.74. The van der Waals surface area contributed by atoms with Gasteiger partial charge in [0.2, 0.25) is 0 Å². The molecular formula is C20H27N5O. The van der Waals surface area contributed by atoms with E-state index < -0.39 is 0 Å². The molecule has 26 heavy (non-hydrogen) atoms. The molecule has 3 saturated heterocycles. The highest BCUT2D eigenvalue weighted by Crippen LogP contribution is 2.38. The van der Waals surface area contributed by atoms with Gasteiger partial charge in [-0.3, -0.25) is 0 Å². The van der Waals surface area contributed by atoms with Crippen molar-refractivity contribution < 1.29 is 4.74 Å². The molecule has 1 spiro atoms. The van der Waals surface area contributed by atoms with Crippen molar-refractivity contribution >= 4 is 5.69 Å². The van der Waals surface area contributed by atoms with Crippen molar-refractivity contribution in [1.82, 2.24) is 20.3 Å². The number of nitrogens with zero attached hydrogens (tertiary/aromatic N) is 4. The molecule has 1 unspecified atom stereocenters. The number of hydrogen-bond donors (Lipinski definition) is 1. The molecule has 3 aliphatic heterocycles. The largest absolute Gasteiger partial charge is 0.376 e. The molecular weight excluding hydrogens is 326 g/mol. The third-order valence-electron chi connectivity index (χ3n) is 6.11. The van der Waals surface area contributed by atoms with Crippen molar-refractivity contribution in [2.45, 2.75) is 38.8 Å². The molecule has 0 amide bonds. The van der Waals surface area contributed by atoms with Gasteiger partial charge in [-0.25, -0.2) is 4.68 Å². The molecule has 0 saturated carbocycles. The smallest absolute Gasteiger partial charge is 0.113 e. The van der Waals surface area contributed by atoms with Crippen LogP contribution >= 0.6 is 0 Å². The second-order valence-electron chi connectivity index (χ2n) is 8.27. The molecule has 0 radical (unpaired) electrons. The monoisotopic (exact) mass is 353 g/mol. The van der Waals surface area contributed by atoms with Crippen LogP contribution in [0.3, 0.4) is 0 Å². The van der Waals surface area contributed by atoms with Crippen molar-refractivity contribution in [1.29, 1.82) is 0 Å². The fourth-order valence-electron chi connectivity index (χ4n) is 4.45. The van der Waals surface area contributed by atoms with Gasteiger partial charge in [0, 0.05) is 49.5 Å². The van der Waals surface area contributed by atoms with Gasteiger partial charge in [-0.15, -0.1) is 5.10 Å². The summed E-state index contributed by atoms with van der Waals surface area (Å²) in [4.78, 5) is 2.48. The third-order valence-corrected chi connectivity index (χ3v) is 6.11. The fraction of sp³-hybridized carbons (Fsp3) is 0.600. The van der Waals surface area contributed by atoms with Gasteiger partial charge in [-0.05, 0) is 43.9 Å². The predicted octanol–water partition coefficient (Wildman–Crippen LogP) is 2.23. The van der Waals surface area contributed by atoms with Gasteiger partial charge in [0.15, 0.2) is 0 Å². The molecule has 3 aliphatic rings. The average Bonchev–Trinajstić information content (AvgIpc) is 3.01. The van der Waals surface area contributed by atoms with Crippen molar-refractivity contribution in [3.8, 4) is 11.3 Å². The molecule has 1 aromatic heterocycles. The summed E-state index contributed by atoms with van der Waals surface area (Å²) in [5.74, 6) is 0. The molecule has 0 aliphatic carbocycles. The molecule has 5 rings (SSSR count). The highest BCUT2D eigenvalue weighted by Gasteiger charge is 2.47. The quantitative estimate of drug-likeness (QED) is 0.914. The summed E-state index contributed by atoms with van der Waals surface area (Å²) in [6, 6.07) is 6.71. The first-order valence-electron chi connectivity index (χ1n) is 9.79. The SMILES string of the molecule is Cc1cc(N2CC3(CNC3)C2)ccc1-c1cn(CC2CCCCO2)nn1. The summed E-state index contributed by atoms with van der Waals surface area (Å²) in [6.07, 6.45) is 5.88. The minimum absolute atomic E-state index is 0.279. The van der Waals surface area contributed by atoms with Crippen LogP contribution in [0.1, 0.15) is 24.8 Å². The van der Waals surface area contributed by atoms with Gasteiger partial charge in [0.1, 0.15) is 5.69 Å². The summed E-state index contributed by atoms with van der Waals surface area (Å²) in [7, 11) is 0. The summed E-state index contributed by atoms with van der Waals surface area (Å²) < 4.78 is 7.75. The number of aromatic nitrogens is 3. The van der Waals surface area contributed by atoms with E-state index in [9.17, 15) is 0 Å². The molecule has 6 nitrogen and oxygen atoms in total. The van der Waals surface area contributed by atoms with Crippen LogP contribution in [-0.2, 0) is 11.3 Å². The first kappa shape index (κ1) is 16.3. The Labute approximate surface area is 154 Å². The molecule has 3 fully saturated rings. The minimum atomic E-state index is 0.279. The molecule has 4 heterocycles. The Kier molecular flexibility index (Phi) is 3.98. The van der Waals surface area contributed by atoms with Gasteiger partial charge < -0.3 is 15.0 Å². The molecule has 2 aromatic rings. The number of nitrogens with one attached hydrogen (secondary N) is 1. The van der Waals surface area contributed by atoms with E-state index in [2.05, 4.69) is 51.8 Å². The summed E-state index contributed by atoms with van der Waals surface area (Å²) in [6.45, 7) is 8.55. The van der Waals surface area contributed by atoms with Crippen LogP contribution in [0.25, 0.3) is 11.3 Å². The van der Waals surface area contributed by atoms with E-state index in [-0.39, 0.29) is 6.10 Å². The van der Waals surface area contributed by atoms with E-state index >= 15 is 0 Å². The van der Waals surface area contributed by atoms with Crippen LogP contribution in [0.4, 0.5) is 5.69 Å². The zero-order valence-corrected chi connectivity index (χ0v) is 15.4. The van der Waals surface area contributed by atoms with E-state index in [1.807, 2.05) is 4.68 Å². The normalized spacial score (nSPS) is 24.3. The minimum Gasteiger partial charge on any atom is -0.376 e. The van der Waals surface area contributed by atoms with E-state index in [4.69, 9.17) is 4.74 Å².